The van der Waals surface area contributed by atoms with Gasteiger partial charge in [0.05, 0.1) is 0 Å². The Morgan fingerprint density at radius 2 is 0.727 bits per heavy atom. The Hall–Kier alpha value is -3.83. The van der Waals surface area contributed by atoms with Gasteiger partial charge < -0.3 is 0 Å². The molecule has 0 spiro atoms. The second-order valence-corrected chi connectivity index (χ2v) is 10.2. The molecule has 1 heterocycles. The van der Waals surface area contributed by atoms with E-state index in [-0.39, 0.29) is 22.3 Å². The molecule has 0 aliphatic carbocycles. The first kappa shape index (κ1) is 21.0. The zero-order valence-electron chi connectivity index (χ0n) is 17.6. The molecule has 33 heavy (non-hydrogen) atoms. The number of carbonyl (C=O) groups is 2. The van der Waals surface area contributed by atoms with E-state index in [0.29, 0.717) is 0 Å². The van der Waals surface area contributed by atoms with E-state index in [0.717, 1.165) is 0 Å². The quantitative estimate of drug-likeness (QED) is 0.306. The zero-order chi connectivity index (χ0) is 23.1. The van der Waals surface area contributed by atoms with Crippen LogP contribution in [0, 0.1) is 0 Å². The molecule has 0 saturated carbocycles. The summed E-state index contributed by atoms with van der Waals surface area (Å²) in [5, 5.41) is 0. The normalized spacial score (nSPS) is 22.9. The van der Waals surface area contributed by atoms with Crippen LogP contribution in [0.15, 0.2) is 121 Å². The first-order chi connectivity index (χ1) is 16.0. The molecule has 0 amide bonds. The van der Waals surface area contributed by atoms with E-state index in [2.05, 4.69) is 0 Å². The molecule has 1 saturated heterocycles. The van der Waals surface area contributed by atoms with E-state index < -0.39 is 30.9 Å². The van der Waals surface area contributed by atoms with Crippen LogP contribution in [0.5, 0.6) is 0 Å². The topological polar surface area (TPSA) is 68.3 Å². The molecular formula is C28H20O4S. The summed E-state index contributed by atoms with van der Waals surface area (Å²) in [5.74, 6) is -1.22. The lowest BCUT2D eigenvalue weighted by Gasteiger charge is -2.21. The lowest BCUT2D eigenvalue weighted by molar-refractivity contribution is 0.0865. The van der Waals surface area contributed by atoms with Crippen LogP contribution in [0.3, 0.4) is 0 Å². The minimum atomic E-state index is -4.32. The van der Waals surface area contributed by atoms with Gasteiger partial charge in [-0.15, -0.1) is 0 Å². The van der Waals surface area contributed by atoms with E-state index in [1.807, 2.05) is 0 Å². The predicted octanol–water partition coefficient (Wildman–Crippen LogP) is 4.97. The lowest BCUT2D eigenvalue weighted by atomic mass is 9.73. The maximum absolute atomic E-state index is 14.2. The van der Waals surface area contributed by atoms with Crippen LogP contribution in [0.1, 0.15) is 31.8 Å². The van der Waals surface area contributed by atoms with Crippen molar-refractivity contribution >= 4 is 21.4 Å². The standard InChI is InChI=1S/C28H20O4S/c29-25(21-13-5-1-6-14-21)27(23-17-9-3-10-18-23)28(33(27,31)32,24-19-11-4-12-20-24)26(30)22-15-7-2-8-16-22/h1-20H. The number of sulfone groups is 1. The average molecular weight is 453 g/mol. The van der Waals surface area contributed by atoms with Gasteiger partial charge in [-0.3, -0.25) is 9.59 Å². The minimum absolute atomic E-state index is 0.239. The Morgan fingerprint density at radius 3 is 1.03 bits per heavy atom. The highest BCUT2D eigenvalue weighted by Crippen LogP contribution is 2.71. The molecule has 0 radical (unpaired) electrons. The predicted molar refractivity (Wildman–Crippen MR) is 127 cm³/mol. The van der Waals surface area contributed by atoms with Gasteiger partial charge in [-0.1, -0.05) is 121 Å². The van der Waals surface area contributed by atoms with Gasteiger partial charge in [0.1, 0.15) is 0 Å². The molecule has 4 aromatic rings. The number of carbonyl (C=O) groups excluding carboxylic acids is 2. The lowest BCUT2D eigenvalue weighted by Crippen LogP contribution is -2.36. The van der Waals surface area contributed by atoms with Crippen LogP contribution in [-0.2, 0) is 19.3 Å². The van der Waals surface area contributed by atoms with Crippen molar-refractivity contribution in [3.63, 3.8) is 0 Å². The second kappa shape index (κ2) is 7.64. The fourth-order valence-corrected chi connectivity index (χ4v) is 7.93. The van der Waals surface area contributed by atoms with Crippen molar-refractivity contribution in [1.82, 2.24) is 0 Å². The summed E-state index contributed by atoms with van der Waals surface area (Å²) >= 11 is 0. The van der Waals surface area contributed by atoms with Gasteiger partial charge in [-0.2, -0.15) is 0 Å². The Balaban J connectivity index is 1.89. The summed E-state index contributed by atoms with van der Waals surface area (Å²) in [6.07, 6.45) is 0. The van der Waals surface area contributed by atoms with Crippen molar-refractivity contribution in [3.8, 4) is 0 Å². The Labute approximate surface area is 192 Å². The van der Waals surface area contributed by atoms with Crippen LogP contribution in [0.25, 0.3) is 0 Å². The van der Waals surface area contributed by atoms with Crippen LogP contribution in [0.2, 0.25) is 0 Å². The summed E-state index contributed by atoms with van der Waals surface area (Å²) < 4.78 is 24.3. The molecule has 5 rings (SSSR count). The maximum atomic E-state index is 14.2. The maximum Gasteiger partial charge on any atom is 0.192 e. The molecule has 5 heteroatoms. The SMILES string of the molecule is O=C(c1ccccc1)C1(c2ccccc2)C(C(=O)c2ccccc2)(c2ccccc2)S1(=O)=O. The first-order valence-corrected chi connectivity index (χ1v) is 12.0. The van der Waals surface area contributed by atoms with Crippen molar-refractivity contribution in [1.29, 1.82) is 0 Å². The van der Waals surface area contributed by atoms with Gasteiger partial charge in [0, 0.05) is 11.1 Å². The molecule has 0 bridgehead atoms. The van der Waals surface area contributed by atoms with Gasteiger partial charge in [0.15, 0.2) is 30.9 Å². The van der Waals surface area contributed by atoms with Crippen LogP contribution in [-0.4, -0.2) is 20.0 Å². The van der Waals surface area contributed by atoms with Gasteiger partial charge in [-0.25, -0.2) is 8.42 Å². The van der Waals surface area contributed by atoms with E-state index in [1.54, 1.807) is 121 Å². The zero-order valence-corrected chi connectivity index (χ0v) is 18.4. The Bertz CT molecular complexity index is 1330. The number of ketones is 2. The molecule has 1 fully saturated rings. The van der Waals surface area contributed by atoms with Crippen molar-refractivity contribution in [3.05, 3.63) is 144 Å². The highest BCUT2D eigenvalue weighted by atomic mass is 32.2. The number of Topliss-reactive ketones (excluding diaryl/α,β-unsaturated/α-hetero) is 2. The molecule has 4 aromatic carbocycles. The number of benzene rings is 4. The Morgan fingerprint density at radius 1 is 0.455 bits per heavy atom. The third-order valence-electron chi connectivity index (χ3n) is 6.33. The summed E-state index contributed by atoms with van der Waals surface area (Å²) in [6, 6.07) is 33.3. The van der Waals surface area contributed by atoms with E-state index in [1.165, 1.54) is 0 Å². The van der Waals surface area contributed by atoms with E-state index in [4.69, 9.17) is 0 Å². The molecule has 162 valence electrons. The molecule has 1 aliphatic rings. The van der Waals surface area contributed by atoms with Crippen molar-refractivity contribution in [2.75, 3.05) is 0 Å². The highest BCUT2D eigenvalue weighted by Gasteiger charge is 2.91. The average Bonchev–Trinajstić information content (AvgIpc) is 3.36. The van der Waals surface area contributed by atoms with Crippen LogP contribution in [0.4, 0.5) is 0 Å². The van der Waals surface area contributed by atoms with E-state index >= 15 is 0 Å². The molecule has 0 N–H and O–H groups in total. The van der Waals surface area contributed by atoms with Gasteiger partial charge >= 0.3 is 0 Å². The van der Waals surface area contributed by atoms with Crippen molar-refractivity contribution in [2.24, 2.45) is 0 Å². The number of hydrogen-bond acceptors (Lipinski definition) is 4. The van der Waals surface area contributed by atoms with Gasteiger partial charge in [0.25, 0.3) is 0 Å². The van der Waals surface area contributed by atoms with Crippen LogP contribution >= 0.6 is 0 Å². The van der Waals surface area contributed by atoms with Gasteiger partial charge in [0.2, 0.25) is 0 Å². The summed E-state index contributed by atoms with van der Waals surface area (Å²) in [7, 11) is -4.32. The third kappa shape index (κ3) is 2.66. The monoisotopic (exact) mass is 452 g/mol. The molecule has 1 aliphatic heterocycles. The highest BCUT2D eigenvalue weighted by molar-refractivity contribution is 8.03. The molecule has 2 atom stereocenters. The van der Waals surface area contributed by atoms with Crippen molar-refractivity contribution < 1.29 is 18.0 Å². The summed E-state index contributed by atoms with van der Waals surface area (Å²) in [4.78, 5) is 28.3. The Kier molecular flexibility index (Phi) is 4.87. The molecule has 4 nitrogen and oxygen atoms in total. The van der Waals surface area contributed by atoms with Crippen molar-refractivity contribution in [2.45, 2.75) is 9.49 Å². The van der Waals surface area contributed by atoms with E-state index in [9.17, 15) is 18.0 Å². The van der Waals surface area contributed by atoms with Gasteiger partial charge in [-0.05, 0) is 11.1 Å². The fraction of sp³-hybridized carbons (Fsp3) is 0.0714. The molecule has 0 aromatic heterocycles. The smallest absolute Gasteiger partial charge is 0.192 e. The number of rotatable bonds is 6. The molecular weight excluding hydrogens is 432 g/mol. The molecule has 2 unspecified atom stereocenters. The minimum Gasteiger partial charge on any atom is -0.292 e. The second-order valence-electron chi connectivity index (χ2n) is 7.99. The summed E-state index contributed by atoms with van der Waals surface area (Å²) in [6.45, 7) is 0. The third-order valence-corrected chi connectivity index (χ3v) is 9.20. The number of hydrogen-bond donors (Lipinski definition) is 0. The fourth-order valence-electron chi connectivity index (χ4n) is 4.88. The first-order valence-electron chi connectivity index (χ1n) is 10.5. The summed E-state index contributed by atoms with van der Waals surface area (Å²) in [5.41, 5.74) is 1.05. The largest absolute Gasteiger partial charge is 0.292 e. The van der Waals surface area contributed by atoms with Crippen LogP contribution < -0.4 is 0 Å².